The first-order chi connectivity index (χ1) is 37.3. The maximum Gasteiger partial charge on any atom is 0.288 e. The summed E-state index contributed by atoms with van der Waals surface area (Å²) in [5.41, 5.74) is 5.55. The van der Waals surface area contributed by atoms with Crippen LogP contribution >= 0.6 is 21.6 Å². The number of nitrogens with zero attached hydrogens (tertiary/aromatic N) is 2. The molecule has 3 atom stereocenters. The molecule has 0 bridgehead atoms. The summed E-state index contributed by atoms with van der Waals surface area (Å²) in [6.45, 7) is 2.56. The van der Waals surface area contributed by atoms with Gasteiger partial charge in [-0.25, -0.2) is 0 Å². The second-order valence-electron chi connectivity index (χ2n) is 19.4. The molecule has 0 saturated heterocycles. The summed E-state index contributed by atoms with van der Waals surface area (Å²) >= 11 is 0. The van der Waals surface area contributed by atoms with Crippen LogP contribution in [0.25, 0.3) is 0 Å². The Morgan fingerprint density at radius 2 is 1.19 bits per heavy atom. The molecular formula is C54H58N8O13S3. The van der Waals surface area contributed by atoms with Gasteiger partial charge in [-0.3, -0.25) is 38.2 Å². The summed E-state index contributed by atoms with van der Waals surface area (Å²) in [4.78, 5) is 82.2. The van der Waals surface area contributed by atoms with Gasteiger partial charge in [0.2, 0.25) is 23.6 Å². The van der Waals surface area contributed by atoms with Crippen molar-refractivity contribution in [3.05, 3.63) is 124 Å². The lowest BCUT2D eigenvalue weighted by Gasteiger charge is -2.33. The molecule has 6 amide bonds. The van der Waals surface area contributed by atoms with E-state index >= 15 is 0 Å². The van der Waals surface area contributed by atoms with Gasteiger partial charge in [-0.2, -0.15) is 8.42 Å². The maximum atomic E-state index is 14.3. The van der Waals surface area contributed by atoms with Crippen LogP contribution in [0.15, 0.2) is 91.0 Å². The lowest BCUT2D eigenvalue weighted by Crippen LogP contribution is -2.49. The van der Waals surface area contributed by atoms with E-state index in [1.54, 1.807) is 81.1 Å². The van der Waals surface area contributed by atoms with Crippen LogP contribution in [0, 0.1) is 0 Å². The van der Waals surface area contributed by atoms with E-state index in [0.717, 1.165) is 16.8 Å². The van der Waals surface area contributed by atoms with Crippen LogP contribution in [0.5, 0.6) is 23.0 Å². The highest BCUT2D eigenvalue weighted by Crippen LogP contribution is 2.45. The van der Waals surface area contributed by atoms with Crippen LogP contribution in [0.2, 0.25) is 0 Å². The van der Waals surface area contributed by atoms with E-state index in [1.165, 1.54) is 31.3 Å². The second kappa shape index (κ2) is 23.1. The van der Waals surface area contributed by atoms with E-state index in [4.69, 9.17) is 18.9 Å². The Morgan fingerprint density at radius 1 is 0.679 bits per heavy atom. The standard InChI is InChI=1S/C54H58N8O13S3/c1-54(2,77-76-5)15-14-47(63)55-25-48(64)56-26-49(65)57-27-50(66)58-34-17-30(28-74-44-23-37-35(21-42(44)72-3)53(68)62-40-13-9-7-11-33(40)20-46(62)59-37)16-31(18-34)29-75-45-24-38-36(22-43(45)73-4)52(67)61-39-12-8-6-10-32(39)19-41(61)51(60-38)78(69,70)71/h6-13,16-18,21-24,41,46,51,59-60H,14-15,19-20,25-29H2,1-5H3,(H,55,63)(H,56,64)(H,57,65)(H,58,66)(H,69,70,71)/t41-,46?,51?/m0/s1. The molecule has 21 nitrogen and oxygen atoms in total. The molecule has 7 N–H and O–H groups in total. The minimum absolute atomic E-state index is 0.0743. The van der Waals surface area contributed by atoms with E-state index in [9.17, 15) is 41.7 Å². The molecule has 9 rings (SSSR count). The van der Waals surface area contributed by atoms with E-state index in [2.05, 4.69) is 31.9 Å². The van der Waals surface area contributed by atoms with Crippen molar-refractivity contribution < 1.29 is 60.7 Å². The molecular weight excluding hydrogens is 1060 g/mol. The Morgan fingerprint density at radius 3 is 1.76 bits per heavy atom. The Hall–Kier alpha value is -7.67. The Bertz CT molecular complexity index is 3320. The molecule has 0 saturated carbocycles. The van der Waals surface area contributed by atoms with Crippen molar-refractivity contribution in [2.24, 2.45) is 0 Å². The summed E-state index contributed by atoms with van der Waals surface area (Å²) in [7, 11) is 1.34. The summed E-state index contributed by atoms with van der Waals surface area (Å²) in [5.74, 6) is -2.00. The van der Waals surface area contributed by atoms with Gasteiger partial charge in [0.15, 0.2) is 28.4 Å². The number of nitrogens with one attached hydrogen (secondary N) is 6. The van der Waals surface area contributed by atoms with Gasteiger partial charge in [0.1, 0.15) is 19.4 Å². The third-order valence-electron chi connectivity index (χ3n) is 13.5. The van der Waals surface area contributed by atoms with Gasteiger partial charge in [-0.15, -0.1) is 0 Å². The highest BCUT2D eigenvalue weighted by molar-refractivity contribution is 8.76. The fourth-order valence-corrected chi connectivity index (χ4v) is 13.0. The zero-order valence-corrected chi connectivity index (χ0v) is 45.7. The number of hydrogen-bond acceptors (Lipinski definition) is 16. The van der Waals surface area contributed by atoms with Crippen molar-refractivity contribution in [1.82, 2.24) is 16.0 Å². The zero-order valence-electron chi connectivity index (χ0n) is 43.2. The molecule has 4 aliphatic rings. The fourth-order valence-electron chi connectivity index (χ4n) is 9.85. The third-order valence-corrected chi connectivity index (χ3v) is 17.3. The summed E-state index contributed by atoms with van der Waals surface area (Å²) in [5, 5.41) is 15.0. The first-order valence-corrected chi connectivity index (χ1v) is 28.9. The van der Waals surface area contributed by atoms with Crippen LogP contribution in [-0.4, -0.2) is 111 Å². The van der Waals surface area contributed by atoms with Crippen molar-refractivity contribution in [1.29, 1.82) is 0 Å². The zero-order chi connectivity index (χ0) is 55.5. The maximum absolute atomic E-state index is 14.3. The SMILES string of the molecule is COc1cc2c(cc1OCc1cc(COc3cc4c(cc3OC)C(=O)N3c5ccccc5C[C@H]3C(S(=O)(=O)O)N4)cc(NC(=O)CNC(=O)CNC(=O)CNC(=O)CCC(C)(C)SSC)c1)NC1Cc3ccccc3N1C2=O. The molecule has 0 aliphatic carbocycles. The predicted octanol–water partition coefficient (Wildman–Crippen LogP) is 5.88. The van der Waals surface area contributed by atoms with E-state index in [-0.39, 0.29) is 83.8 Å². The van der Waals surface area contributed by atoms with Gasteiger partial charge in [-0.1, -0.05) is 58.0 Å². The fraction of sp³-hybridized carbons (Fsp3) is 0.333. The molecule has 5 aromatic rings. The number of fused-ring (bicyclic) bond motifs is 8. The topological polar surface area (TPSA) is 272 Å². The first-order valence-electron chi connectivity index (χ1n) is 24.8. The number of ether oxygens (including phenoxy) is 4. The summed E-state index contributed by atoms with van der Waals surface area (Å²) in [6, 6.07) is 25.0. The highest BCUT2D eigenvalue weighted by Gasteiger charge is 2.47. The molecule has 4 aliphatic heterocycles. The number of benzene rings is 5. The van der Waals surface area contributed by atoms with Crippen LogP contribution in [0.3, 0.4) is 0 Å². The number of carbonyl (C=O) groups is 6. The summed E-state index contributed by atoms with van der Waals surface area (Å²) < 4.78 is 60.4. The van der Waals surface area contributed by atoms with Crippen molar-refractivity contribution in [3.8, 4) is 23.0 Å². The number of methoxy groups -OCH3 is 2. The third kappa shape index (κ3) is 12.2. The minimum atomic E-state index is -4.77. The van der Waals surface area contributed by atoms with Crippen LogP contribution in [0.1, 0.15) is 69.7 Å². The number of rotatable bonds is 21. The van der Waals surface area contributed by atoms with Crippen molar-refractivity contribution in [2.45, 2.75) is 75.1 Å². The molecule has 5 aromatic carbocycles. The molecule has 78 heavy (non-hydrogen) atoms. The van der Waals surface area contributed by atoms with Crippen molar-refractivity contribution >= 4 is 95.6 Å². The van der Waals surface area contributed by atoms with Crippen LogP contribution in [0.4, 0.5) is 28.4 Å². The quantitative estimate of drug-likeness (QED) is 0.0334. The van der Waals surface area contributed by atoms with E-state index < -0.39 is 58.3 Å². The molecule has 410 valence electrons. The molecule has 24 heteroatoms. The molecule has 0 spiro atoms. The van der Waals surface area contributed by atoms with Gasteiger partial charge < -0.3 is 55.7 Å². The highest BCUT2D eigenvalue weighted by atomic mass is 33.1. The Labute approximate surface area is 458 Å². The Kier molecular flexibility index (Phi) is 16.3. The smallest absolute Gasteiger partial charge is 0.288 e. The number of anilines is 5. The molecule has 0 radical (unpaired) electrons. The first kappa shape index (κ1) is 55.1. The summed E-state index contributed by atoms with van der Waals surface area (Å²) in [6.07, 6.45) is 3.27. The number of para-hydroxylation sites is 2. The average Bonchev–Trinajstić information content (AvgIpc) is 4.09. The minimum Gasteiger partial charge on any atom is -0.493 e. The lowest BCUT2D eigenvalue weighted by atomic mass is 10.1. The van der Waals surface area contributed by atoms with E-state index in [1.807, 2.05) is 44.4 Å². The van der Waals surface area contributed by atoms with Crippen LogP contribution < -0.4 is 60.6 Å². The monoisotopic (exact) mass is 1120 g/mol. The Balaban J connectivity index is 0.911. The molecule has 0 aromatic heterocycles. The largest absolute Gasteiger partial charge is 0.493 e. The average molecular weight is 1120 g/mol. The molecule has 4 heterocycles. The van der Waals surface area contributed by atoms with Crippen molar-refractivity contribution in [2.75, 3.05) is 65.9 Å². The lowest BCUT2D eigenvalue weighted by molar-refractivity contribution is -0.128. The second-order valence-corrected chi connectivity index (χ2v) is 24.1. The van der Waals surface area contributed by atoms with Gasteiger partial charge in [-0.05, 0) is 97.7 Å². The number of carbonyl (C=O) groups excluding carboxylic acids is 6. The number of amides is 6. The van der Waals surface area contributed by atoms with Crippen LogP contribution in [-0.2, 0) is 55.4 Å². The molecule has 2 unspecified atom stereocenters. The number of hydrogen-bond donors (Lipinski definition) is 7. The van der Waals surface area contributed by atoms with E-state index in [0.29, 0.717) is 52.4 Å². The molecule has 0 fully saturated rings. The van der Waals surface area contributed by atoms with Gasteiger partial charge in [0.05, 0.1) is 62.4 Å². The normalized spacial score (nSPS) is 16.8. The van der Waals surface area contributed by atoms with Crippen molar-refractivity contribution in [3.63, 3.8) is 0 Å². The van der Waals surface area contributed by atoms with Gasteiger partial charge in [0, 0.05) is 46.8 Å². The van der Waals surface area contributed by atoms with Gasteiger partial charge >= 0.3 is 0 Å². The predicted molar refractivity (Wildman–Crippen MR) is 297 cm³/mol. The van der Waals surface area contributed by atoms with Gasteiger partial charge in [0.25, 0.3) is 21.9 Å².